The van der Waals surface area contributed by atoms with Gasteiger partial charge in [0.05, 0.1) is 0 Å². The number of fused-ring (bicyclic) bond motifs is 1. The molecular weight excluding hydrogens is 240 g/mol. The maximum atomic E-state index is 11.0. The maximum absolute atomic E-state index is 11.0. The number of anilines is 2. The topological polar surface area (TPSA) is 53.4 Å². The lowest BCUT2D eigenvalue weighted by Crippen LogP contribution is -2.25. The van der Waals surface area contributed by atoms with Crippen molar-refractivity contribution in [3.63, 3.8) is 0 Å². The predicted molar refractivity (Wildman–Crippen MR) is 72.9 cm³/mol. The van der Waals surface area contributed by atoms with Crippen LogP contribution in [0.2, 0.25) is 0 Å². The monoisotopic (exact) mass is 254 g/mol. The highest BCUT2D eigenvalue weighted by Gasteiger charge is 2.27. The van der Waals surface area contributed by atoms with E-state index in [4.69, 9.17) is 5.11 Å². The summed E-state index contributed by atoms with van der Waals surface area (Å²) in [5.74, 6) is -0.306. The molecule has 4 heteroatoms. The second-order valence-corrected chi connectivity index (χ2v) is 4.74. The lowest BCUT2D eigenvalue weighted by molar-refractivity contribution is 0.0690. The van der Waals surface area contributed by atoms with Crippen LogP contribution in [0.1, 0.15) is 23.0 Å². The van der Waals surface area contributed by atoms with Crippen LogP contribution in [0.4, 0.5) is 11.5 Å². The number of rotatable bonds is 2. The smallest absolute Gasteiger partial charge is 0.354 e. The Hall–Kier alpha value is -2.36. The first kappa shape index (κ1) is 11.7. The summed E-state index contributed by atoms with van der Waals surface area (Å²) in [5, 5.41) is 9.03. The van der Waals surface area contributed by atoms with Gasteiger partial charge >= 0.3 is 5.97 Å². The zero-order valence-electron chi connectivity index (χ0n) is 10.6. The van der Waals surface area contributed by atoms with Gasteiger partial charge in [-0.05, 0) is 37.1 Å². The van der Waals surface area contributed by atoms with Crippen LogP contribution in [-0.2, 0) is 6.42 Å². The van der Waals surface area contributed by atoms with Crippen LogP contribution in [0.15, 0.2) is 42.5 Å². The molecule has 96 valence electrons. The summed E-state index contributed by atoms with van der Waals surface area (Å²) in [4.78, 5) is 17.3. The van der Waals surface area contributed by atoms with Crippen LogP contribution in [0.3, 0.4) is 0 Å². The van der Waals surface area contributed by atoms with Gasteiger partial charge in [0.25, 0.3) is 0 Å². The van der Waals surface area contributed by atoms with Crippen LogP contribution in [0.25, 0.3) is 0 Å². The molecule has 1 aromatic heterocycles. The fourth-order valence-corrected chi connectivity index (χ4v) is 2.59. The first-order valence-corrected chi connectivity index (χ1v) is 6.24. The van der Waals surface area contributed by atoms with Gasteiger partial charge in [-0.3, -0.25) is 0 Å². The molecule has 1 atom stereocenters. The number of pyridine rings is 1. The number of carbonyl (C=O) groups is 1. The molecule has 19 heavy (non-hydrogen) atoms. The third kappa shape index (κ3) is 1.95. The molecule has 0 spiro atoms. The quantitative estimate of drug-likeness (QED) is 0.895. The maximum Gasteiger partial charge on any atom is 0.354 e. The number of aromatic carboxylic acids is 1. The fraction of sp³-hybridized carbons (Fsp3) is 0.200. The number of nitrogens with zero attached hydrogens (tertiary/aromatic N) is 2. The summed E-state index contributed by atoms with van der Waals surface area (Å²) in [6.07, 6.45) is 0.954. The van der Waals surface area contributed by atoms with E-state index in [2.05, 4.69) is 22.9 Å². The molecule has 1 aliphatic rings. The van der Waals surface area contributed by atoms with E-state index in [1.807, 2.05) is 24.3 Å². The predicted octanol–water partition coefficient (Wildman–Crippen LogP) is 2.86. The molecule has 0 fully saturated rings. The largest absolute Gasteiger partial charge is 0.477 e. The lowest BCUT2D eigenvalue weighted by atomic mass is 10.1. The molecule has 0 saturated carbocycles. The first-order chi connectivity index (χ1) is 9.16. The van der Waals surface area contributed by atoms with Crippen LogP contribution >= 0.6 is 0 Å². The van der Waals surface area contributed by atoms with Crippen molar-refractivity contribution < 1.29 is 9.90 Å². The minimum atomic E-state index is -0.998. The Morgan fingerprint density at radius 3 is 2.84 bits per heavy atom. The minimum Gasteiger partial charge on any atom is -0.477 e. The minimum absolute atomic E-state index is 0.0779. The molecule has 1 aromatic carbocycles. The molecule has 4 nitrogen and oxygen atoms in total. The van der Waals surface area contributed by atoms with E-state index >= 15 is 0 Å². The Morgan fingerprint density at radius 2 is 2.05 bits per heavy atom. The zero-order chi connectivity index (χ0) is 13.4. The van der Waals surface area contributed by atoms with Crippen molar-refractivity contribution in [3.8, 4) is 0 Å². The van der Waals surface area contributed by atoms with E-state index in [9.17, 15) is 4.79 Å². The van der Waals surface area contributed by atoms with E-state index in [0.29, 0.717) is 5.82 Å². The number of carboxylic acid groups (broad SMARTS) is 1. The van der Waals surface area contributed by atoms with Crippen molar-refractivity contribution >= 4 is 17.5 Å². The Kier molecular flexibility index (Phi) is 2.71. The molecule has 1 aliphatic heterocycles. The van der Waals surface area contributed by atoms with E-state index in [1.165, 1.54) is 11.6 Å². The first-order valence-electron chi connectivity index (χ1n) is 6.24. The van der Waals surface area contributed by atoms with E-state index in [1.54, 1.807) is 6.07 Å². The summed E-state index contributed by atoms with van der Waals surface area (Å²) in [7, 11) is 0. The average molecular weight is 254 g/mol. The molecular formula is C15H14N2O2. The van der Waals surface area contributed by atoms with Crippen molar-refractivity contribution in [1.82, 2.24) is 4.98 Å². The molecule has 0 aliphatic carbocycles. The number of benzene rings is 1. The molecule has 3 rings (SSSR count). The summed E-state index contributed by atoms with van der Waals surface area (Å²) >= 11 is 0. The van der Waals surface area contributed by atoms with Crippen LogP contribution in [0, 0.1) is 0 Å². The van der Waals surface area contributed by atoms with E-state index in [-0.39, 0.29) is 11.7 Å². The van der Waals surface area contributed by atoms with Crippen molar-refractivity contribution in [2.45, 2.75) is 19.4 Å². The van der Waals surface area contributed by atoms with Gasteiger partial charge in [0.15, 0.2) is 5.69 Å². The van der Waals surface area contributed by atoms with Gasteiger partial charge in [-0.1, -0.05) is 24.3 Å². The number of para-hydroxylation sites is 1. The Morgan fingerprint density at radius 1 is 1.26 bits per heavy atom. The van der Waals surface area contributed by atoms with E-state index < -0.39 is 5.97 Å². The second-order valence-electron chi connectivity index (χ2n) is 4.74. The van der Waals surface area contributed by atoms with E-state index in [0.717, 1.165) is 12.1 Å². The fourth-order valence-electron chi connectivity index (χ4n) is 2.59. The number of aromatic nitrogens is 1. The highest BCUT2D eigenvalue weighted by molar-refractivity contribution is 5.86. The van der Waals surface area contributed by atoms with Gasteiger partial charge in [0.1, 0.15) is 5.82 Å². The molecule has 0 radical (unpaired) electrons. The molecule has 2 aromatic rings. The van der Waals surface area contributed by atoms with Gasteiger partial charge in [-0.2, -0.15) is 0 Å². The summed E-state index contributed by atoms with van der Waals surface area (Å²) in [5.41, 5.74) is 2.47. The molecule has 0 saturated heterocycles. The SMILES string of the molecule is CC1Cc2ccccc2N1c1cccc(C(=O)O)n1. The molecule has 1 N–H and O–H groups in total. The van der Waals surface area contributed by atoms with Crippen LogP contribution < -0.4 is 4.90 Å². The van der Waals surface area contributed by atoms with Crippen LogP contribution in [0.5, 0.6) is 0 Å². The Labute approximate surface area is 111 Å². The van der Waals surface area contributed by atoms with Crippen molar-refractivity contribution in [2.75, 3.05) is 4.90 Å². The van der Waals surface area contributed by atoms with Gasteiger partial charge in [0, 0.05) is 11.7 Å². The van der Waals surface area contributed by atoms with Gasteiger partial charge in [0.2, 0.25) is 0 Å². The lowest BCUT2D eigenvalue weighted by Gasteiger charge is -2.23. The van der Waals surface area contributed by atoms with Crippen molar-refractivity contribution in [2.24, 2.45) is 0 Å². The number of hydrogen-bond donors (Lipinski definition) is 1. The molecule has 2 heterocycles. The normalized spacial score (nSPS) is 17.3. The number of hydrogen-bond acceptors (Lipinski definition) is 3. The van der Waals surface area contributed by atoms with Gasteiger partial charge in [-0.25, -0.2) is 9.78 Å². The highest BCUT2D eigenvalue weighted by Crippen LogP contribution is 2.36. The summed E-state index contributed by atoms with van der Waals surface area (Å²) in [6.45, 7) is 2.12. The third-order valence-corrected chi connectivity index (χ3v) is 3.41. The van der Waals surface area contributed by atoms with Crippen molar-refractivity contribution in [1.29, 1.82) is 0 Å². The summed E-state index contributed by atoms with van der Waals surface area (Å²) < 4.78 is 0. The molecule has 1 unspecified atom stereocenters. The van der Waals surface area contributed by atoms with Gasteiger partial charge < -0.3 is 10.0 Å². The Balaban J connectivity index is 2.07. The van der Waals surface area contributed by atoms with Crippen molar-refractivity contribution in [3.05, 3.63) is 53.7 Å². The standard InChI is InChI=1S/C15H14N2O2/c1-10-9-11-5-2-3-7-13(11)17(10)14-8-4-6-12(16-14)15(18)19/h2-8,10H,9H2,1H3,(H,18,19). The second kappa shape index (κ2) is 4.39. The number of carboxylic acids is 1. The average Bonchev–Trinajstić information content (AvgIpc) is 2.74. The van der Waals surface area contributed by atoms with Crippen LogP contribution in [-0.4, -0.2) is 22.1 Å². The van der Waals surface area contributed by atoms with Gasteiger partial charge in [-0.15, -0.1) is 0 Å². The summed E-state index contributed by atoms with van der Waals surface area (Å²) in [6, 6.07) is 13.6. The third-order valence-electron chi connectivity index (χ3n) is 3.41. The molecule has 0 bridgehead atoms. The Bertz CT molecular complexity index is 640. The molecule has 0 amide bonds. The zero-order valence-corrected chi connectivity index (χ0v) is 10.6. The highest BCUT2D eigenvalue weighted by atomic mass is 16.4.